The predicted molar refractivity (Wildman–Crippen MR) is 90.2 cm³/mol. The van der Waals surface area contributed by atoms with Crippen molar-refractivity contribution >= 4 is 26.5 Å². The zero-order valence-electron chi connectivity index (χ0n) is 12.7. The lowest BCUT2D eigenvalue weighted by Crippen LogP contribution is -2.11. The van der Waals surface area contributed by atoms with Crippen molar-refractivity contribution in [2.24, 2.45) is 4.40 Å². The second kappa shape index (κ2) is 5.62. The van der Waals surface area contributed by atoms with Crippen molar-refractivity contribution in [3.05, 3.63) is 71.0 Å². The second-order valence-corrected chi connectivity index (χ2v) is 6.91. The van der Waals surface area contributed by atoms with Crippen LogP contribution in [0, 0.1) is 12.7 Å². The van der Waals surface area contributed by atoms with Crippen LogP contribution in [0.3, 0.4) is 0 Å². The van der Waals surface area contributed by atoms with Crippen molar-refractivity contribution in [1.82, 2.24) is 0 Å². The van der Waals surface area contributed by atoms with Crippen LogP contribution < -0.4 is 5.32 Å². The Bertz CT molecular complexity index is 912. The summed E-state index contributed by atoms with van der Waals surface area (Å²) < 4.78 is 41.5. The van der Waals surface area contributed by atoms with Crippen molar-refractivity contribution in [3.8, 4) is 0 Å². The van der Waals surface area contributed by atoms with Gasteiger partial charge in [-0.05, 0) is 43.7 Å². The first-order valence-corrected chi connectivity index (χ1v) is 8.47. The van der Waals surface area contributed by atoms with E-state index in [4.69, 9.17) is 0 Å². The van der Waals surface area contributed by atoms with Gasteiger partial charge in [-0.25, -0.2) is 4.39 Å². The maximum Gasteiger partial charge on any atom is 0.285 e. The monoisotopic (exact) mass is 330 g/mol. The molecule has 0 unspecified atom stereocenters. The third kappa shape index (κ3) is 3.03. The highest BCUT2D eigenvalue weighted by Gasteiger charge is 2.30. The summed E-state index contributed by atoms with van der Waals surface area (Å²) in [5.41, 5.74) is 2.77. The Morgan fingerprint density at radius 1 is 0.957 bits per heavy atom. The van der Waals surface area contributed by atoms with Crippen molar-refractivity contribution in [1.29, 1.82) is 0 Å². The van der Waals surface area contributed by atoms with E-state index in [9.17, 15) is 12.8 Å². The zero-order chi connectivity index (χ0) is 16.6. The first-order chi connectivity index (χ1) is 10.9. The van der Waals surface area contributed by atoms with E-state index in [2.05, 4.69) is 9.71 Å². The van der Waals surface area contributed by atoms with Gasteiger partial charge >= 0.3 is 0 Å². The highest BCUT2D eigenvalue weighted by atomic mass is 32.2. The van der Waals surface area contributed by atoms with Crippen LogP contribution in [0.25, 0.3) is 4.91 Å². The van der Waals surface area contributed by atoms with E-state index < -0.39 is 10.0 Å². The summed E-state index contributed by atoms with van der Waals surface area (Å²) in [5.74, 6) is -0.101. The van der Waals surface area contributed by atoms with Crippen molar-refractivity contribution < 1.29 is 12.8 Å². The molecule has 0 spiro atoms. The molecule has 0 aromatic heterocycles. The highest BCUT2D eigenvalue weighted by molar-refractivity contribution is 8.00. The van der Waals surface area contributed by atoms with Crippen LogP contribution in [-0.2, 0) is 10.0 Å². The lowest BCUT2D eigenvalue weighted by Gasteiger charge is -2.07. The number of benzene rings is 2. The fraction of sp³-hybridized carbons (Fsp3) is 0.118. The highest BCUT2D eigenvalue weighted by Crippen LogP contribution is 2.33. The summed E-state index contributed by atoms with van der Waals surface area (Å²) in [6, 6.07) is 12.9. The molecule has 2 aromatic carbocycles. The molecule has 0 fully saturated rings. The molecular formula is C17H15FN2O2S. The largest absolute Gasteiger partial charge is 0.339 e. The minimum absolute atomic E-state index is 0.196. The number of halogens is 1. The van der Waals surface area contributed by atoms with Gasteiger partial charge in [0.05, 0.1) is 0 Å². The Labute approximate surface area is 134 Å². The molecule has 0 saturated heterocycles. The van der Waals surface area contributed by atoms with Crippen molar-refractivity contribution in [2.75, 3.05) is 5.32 Å². The number of sulfonamides is 1. The first kappa shape index (κ1) is 15.4. The lowest BCUT2D eigenvalue weighted by molar-refractivity contribution is 0.608. The fourth-order valence-electron chi connectivity index (χ4n) is 2.39. The number of nitrogens with one attached hydrogen (secondary N) is 1. The summed E-state index contributed by atoms with van der Waals surface area (Å²) in [5, 5.41) is 2.93. The molecule has 0 atom stereocenters. The summed E-state index contributed by atoms with van der Waals surface area (Å²) in [6.45, 7) is 3.64. The molecule has 4 nitrogen and oxygen atoms in total. The van der Waals surface area contributed by atoms with E-state index in [0.29, 0.717) is 16.8 Å². The van der Waals surface area contributed by atoms with Gasteiger partial charge in [-0.1, -0.05) is 29.8 Å². The minimum Gasteiger partial charge on any atom is -0.339 e. The molecule has 1 heterocycles. The van der Waals surface area contributed by atoms with Gasteiger partial charge in [0.15, 0.2) is 0 Å². The number of hydrogen-bond donors (Lipinski definition) is 1. The Morgan fingerprint density at radius 2 is 1.57 bits per heavy atom. The van der Waals surface area contributed by atoms with E-state index >= 15 is 0 Å². The number of hydrogen-bond acceptors (Lipinski definition) is 3. The smallest absolute Gasteiger partial charge is 0.285 e. The number of aryl methyl sites for hydroxylation is 1. The Balaban J connectivity index is 1.99. The van der Waals surface area contributed by atoms with Gasteiger partial charge in [-0.15, -0.1) is 4.40 Å². The standard InChI is InChI=1S/C17H15FN2O2S/c1-11-3-5-13(6-4-11)16-12(2)17(20-23(16,21)22)19-15-9-7-14(18)8-10-15/h3-10H,1-2H3,(H,19,20). The van der Waals surface area contributed by atoms with Crippen molar-refractivity contribution in [3.63, 3.8) is 0 Å². The second-order valence-electron chi connectivity index (χ2n) is 5.37. The van der Waals surface area contributed by atoms with Gasteiger partial charge < -0.3 is 5.32 Å². The average molecular weight is 330 g/mol. The summed E-state index contributed by atoms with van der Waals surface area (Å²) in [6.07, 6.45) is 0. The fourth-order valence-corrected chi connectivity index (χ4v) is 3.82. The Hall–Kier alpha value is -2.47. The molecule has 6 heteroatoms. The molecule has 23 heavy (non-hydrogen) atoms. The number of amidine groups is 1. The normalized spacial score (nSPS) is 16.4. The quantitative estimate of drug-likeness (QED) is 0.913. The molecular weight excluding hydrogens is 315 g/mol. The van der Waals surface area contributed by atoms with Crippen LogP contribution in [0.15, 0.2) is 58.5 Å². The molecule has 0 saturated carbocycles. The van der Waals surface area contributed by atoms with Crippen molar-refractivity contribution in [2.45, 2.75) is 13.8 Å². The van der Waals surface area contributed by atoms with E-state index in [0.717, 1.165) is 5.56 Å². The Kier molecular flexibility index (Phi) is 3.77. The van der Waals surface area contributed by atoms with Crippen LogP contribution in [0.4, 0.5) is 10.1 Å². The molecule has 2 aromatic rings. The maximum absolute atomic E-state index is 13.0. The van der Waals surface area contributed by atoms with Gasteiger partial charge in [0.25, 0.3) is 10.0 Å². The van der Waals surface area contributed by atoms with Crippen LogP contribution in [-0.4, -0.2) is 14.3 Å². The van der Waals surface area contributed by atoms with Gasteiger partial charge in [-0.2, -0.15) is 8.42 Å². The molecule has 1 N–H and O–H groups in total. The van der Waals surface area contributed by atoms with Gasteiger partial charge in [-0.3, -0.25) is 0 Å². The number of anilines is 1. The van der Waals surface area contributed by atoms with Gasteiger partial charge in [0.2, 0.25) is 0 Å². The third-order valence-corrected chi connectivity index (χ3v) is 5.07. The molecule has 0 amide bonds. The molecule has 118 valence electrons. The van der Waals surface area contributed by atoms with Crippen LogP contribution in [0.2, 0.25) is 0 Å². The van der Waals surface area contributed by atoms with E-state index in [1.807, 2.05) is 19.1 Å². The topological polar surface area (TPSA) is 58.5 Å². The van der Waals surface area contributed by atoms with E-state index in [1.54, 1.807) is 19.1 Å². The molecule has 0 radical (unpaired) electrons. The average Bonchev–Trinajstić information content (AvgIpc) is 2.72. The SMILES string of the molecule is CC1=C(c2ccc(C)cc2)S(=O)(=O)N=C1Nc1ccc(F)cc1. The van der Waals surface area contributed by atoms with Crippen LogP contribution in [0.5, 0.6) is 0 Å². The Morgan fingerprint density at radius 3 is 2.17 bits per heavy atom. The predicted octanol–water partition coefficient (Wildman–Crippen LogP) is 3.72. The maximum atomic E-state index is 13.0. The van der Waals surface area contributed by atoms with Crippen LogP contribution in [0.1, 0.15) is 18.1 Å². The summed E-state index contributed by atoms with van der Waals surface area (Å²) in [7, 11) is -3.75. The molecule has 1 aliphatic heterocycles. The van der Waals surface area contributed by atoms with E-state index in [-0.39, 0.29) is 16.6 Å². The summed E-state index contributed by atoms with van der Waals surface area (Å²) >= 11 is 0. The summed E-state index contributed by atoms with van der Waals surface area (Å²) in [4.78, 5) is 0.196. The lowest BCUT2D eigenvalue weighted by atomic mass is 10.1. The zero-order valence-corrected chi connectivity index (χ0v) is 13.5. The molecule has 0 aliphatic carbocycles. The van der Waals surface area contributed by atoms with Gasteiger partial charge in [0.1, 0.15) is 16.6 Å². The third-order valence-electron chi connectivity index (χ3n) is 3.59. The van der Waals surface area contributed by atoms with Crippen LogP contribution >= 0.6 is 0 Å². The number of nitrogens with zero attached hydrogens (tertiary/aromatic N) is 1. The number of rotatable bonds is 2. The first-order valence-electron chi connectivity index (χ1n) is 7.03. The molecule has 0 bridgehead atoms. The van der Waals surface area contributed by atoms with E-state index in [1.165, 1.54) is 24.3 Å². The molecule has 1 aliphatic rings. The molecule has 3 rings (SSSR count). The minimum atomic E-state index is -3.75. The van der Waals surface area contributed by atoms with Gasteiger partial charge in [0, 0.05) is 11.3 Å².